The van der Waals surface area contributed by atoms with Crippen LogP contribution in [0.2, 0.25) is 0 Å². The lowest BCUT2D eigenvalue weighted by molar-refractivity contribution is -0.127. The van der Waals surface area contributed by atoms with Gasteiger partial charge in [-0.15, -0.1) is 0 Å². The fourth-order valence-electron chi connectivity index (χ4n) is 3.56. The normalized spacial score (nSPS) is 15.8. The third-order valence-electron chi connectivity index (χ3n) is 5.17. The highest BCUT2D eigenvalue weighted by atomic mass is 32.2. The first kappa shape index (κ1) is 21.7. The second-order valence-corrected chi connectivity index (χ2v) is 9.80. The van der Waals surface area contributed by atoms with Gasteiger partial charge in [0.25, 0.3) is 11.8 Å². The molecule has 0 fully saturated rings. The van der Waals surface area contributed by atoms with Crippen molar-refractivity contribution in [3.63, 3.8) is 0 Å². The van der Waals surface area contributed by atoms with Crippen LogP contribution < -0.4 is 5.32 Å². The van der Waals surface area contributed by atoms with E-state index in [0.717, 1.165) is 11.2 Å². The Bertz CT molecular complexity index is 1070. The Kier molecular flexibility index (Phi) is 5.81. The lowest BCUT2D eigenvalue weighted by Crippen LogP contribution is -2.52. The Morgan fingerprint density at radius 3 is 1.83 bits per heavy atom. The fraction of sp³-hybridized carbons (Fsp3) is 0.318. The molecule has 0 saturated heterocycles. The summed E-state index contributed by atoms with van der Waals surface area (Å²) in [5.74, 6) is -1.70. The van der Waals surface area contributed by atoms with Crippen molar-refractivity contribution < 1.29 is 22.8 Å². The topological polar surface area (TPSA) is 101 Å². The van der Waals surface area contributed by atoms with Crippen LogP contribution in [0.3, 0.4) is 0 Å². The molecule has 1 N–H and O–H groups in total. The Labute approximate surface area is 176 Å². The van der Waals surface area contributed by atoms with Gasteiger partial charge in [0.2, 0.25) is 5.91 Å². The Morgan fingerprint density at radius 1 is 0.900 bits per heavy atom. The highest BCUT2D eigenvalue weighted by Crippen LogP contribution is 2.27. The molecule has 7 nitrogen and oxygen atoms in total. The summed E-state index contributed by atoms with van der Waals surface area (Å²) < 4.78 is 23.2. The van der Waals surface area contributed by atoms with Crippen molar-refractivity contribution in [1.29, 1.82) is 0 Å². The third kappa shape index (κ3) is 4.00. The van der Waals surface area contributed by atoms with Crippen LogP contribution >= 0.6 is 0 Å². The number of nitrogens with one attached hydrogen (secondary N) is 1. The summed E-state index contributed by atoms with van der Waals surface area (Å²) in [4.78, 5) is 39.9. The van der Waals surface area contributed by atoms with E-state index in [1.807, 2.05) is 0 Å². The molecular formula is C22H24N2O5S. The Morgan fingerprint density at radius 2 is 1.40 bits per heavy atom. The minimum Gasteiger partial charge on any atom is -0.348 e. The SMILES string of the molecule is CC(NC(=O)C(C(C)C)N1C(=O)c2ccccc2C1=O)c1ccc(S(C)(=O)=O)cc1. The highest BCUT2D eigenvalue weighted by molar-refractivity contribution is 7.90. The first-order valence-corrected chi connectivity index (χ1v) is 11.5. The predicted octanol–water partition coefficient (Wildman–Crippen LogP) is 2.59. The van der Waals surface area contributed by atoms with Crippen LogP contribution in [0.5, 0.6) is 0 Å². The van der Waals surface area contributed by atoms with Crippen LogP contribution in [-0.2, 0) is 14.6 Å². The van der Waals surface area contributed by atoms with E-state index in [4.69, 9.17) is 0 Å². The molecule has 3 amide bonds. The molecule has 0 aliphatic carbocycles. The molecule has 0 radical (unpaired) electrons. The van der Waals surface area contributed by atoms with Crippen LogP contribution in [0, 0.1) is 5.92 Å². The molecule has 30 heavy (non-hydrogen) atoms. The molecule has 1 aliphatic rings. The minimum atomic E-state index is -3.31. The van der Waals surface area contributed by atoms with Gasteiger partial charge in [-0.05, 0) is 42.7 Å². The van der Waals surface area contributed by atoms with E-state index in [1.165, 1.54) is 12.1 Å². The first-order chi connectivity index (χ1) is 14.0. The summed E-state index contributed by atoms with van der Waals surface area (Å²) in [6, 6.07) is 11.3. The number of amides is 3. The van der Waals surface area contributed by atoms with Crippen LogP contribution in [0.4, 0.5) is 0 Å². The average molecular weight is 429 g/mol. The number of nitrogens with zero attached hydrogens (tertiary/aromatic N) is 1. The van der Waals surface area contributed by atoms with E-state index < -0.39 is 39.6 Å². The Hall–Kier alpha value is -3.00. The van der Waals surface area contributed by atoms with Crippen LogP contribution in [0.15, 0.2) is 53.4 Å². The van der Waals surface area contributed by atoms with Crippen LogP contribution in [0.1, 0.15) is 53.1 Å². The number of sulfone groups is 1. The number of imide groups is 1. The predicted molar refractivity (Wildman–Crippen MR) is 112 cm³/mol. The maximum Gasteiger partial charge on any atom is 0.262 e. The number of fused-ring (bicyclic) bond motifs is 1. The smallest absolute Gasteiger partial charge is 0.262 e. The van der Waals surface area contributed by atoms with Crippen molar-refractivity contribution >= 4 is 27.6 Å². The third-order valence-corrected chi connectivity index (χ3v) is 6.30. The molecule has 0 spiro atoms. The largest absolute Gasteiger partial charge is 0.348 e. The number of hydrogen-bond acceptors (Lipinski definition) is 5. The lowest BCUT2D eigenvalue weighted by atomic mass is 10.00. The molecule has 0 aromatic heterocycles. The summed E-state index contributed by atoms with van der Waals surface area (Å²) in [6.45, 7) is 5.31. The number of benzene rings is 2. The zero-order valence-corrected chi connectivity index (χ0v) is 18.1. The fourth-order valence-corrected chi connectivity index (χ4v) is 4.19. The first-order valence-electron chi connectivity index (χ1n) is 9.59. The van der Waals surface area contributed by atoms with Gasteiger partial charge in [0.15, 0.2) is 9.84 Å². The van der Waals surface area contributed by atoms with E-state index in [9.17, 15) is 22.8 Å². The van der Waals surface area contributed by atoms with Gasteiger partial charge in [0.05, 0.1) is 22.1 Å². The maximum absolute atomic E-state index is 13.1. The molecule has 3 rings (SSSR count). The van der Waals surface area contributed by atoms with Gasteiger partial charge in [0.1, 0.15) is 6.04 Å². The van der Waals surface area contributed by atoms with Crippen molar-refractivity contribution in [3.05, 3.63) is 65.2 Å². The van der Waals surface area contributed by atoms with Crippen LogP contribution in [-0.4, -0.2) is 43.3 Å². The van der Waals surface area contributed by atoms with Gasteiger partial charge in [-0.3, -0.25) is 19.3 Å². The molecule has 8 heteroatoms. The summed E-state index contributed by atoms with van der Waals surface area (Å²) in [7, 11) is -3.31. The molecule has 1 heterocycles. The van der Waals surface area contributed by atoms with Gasteiger partial charge in [-0.2, -0.15) is 0 Å². The number of hydrogen-bond donors (Lipinski definition) is 1. The molecule has 2 aromatic carbocycles. The van der Waals surface area contributed by atoms with Gasteiger partial charge < -0.3 is 5.32 Å². The summed E-state index contributed by atoms with van der Waals surface area (Å²) >= 11 is 0. The second-order valence-electron chi connectivity index (χ2n) is 7.79. The molecule has 1 aliphatic heterocycles. The van der Waals surface area contributed by atoms with Crippen molar-refractivity contribution in [3.8, 4) is 0 Å². The summed E-state index contributed by atoms with van der Waals surface area (Å²) in [6.07, 6.45) is 1.13. The van der Waals surface area contributed by atoms with E-state index >= 15 is 0 Å². The molecular weight excluding hydrogens is 404 g/mol. The van der Waals surface area contributed by atoms with Crippen molar-refractivity contribution in [2.45, 2.75) is 37.8 Å². The van der Waals surface area contributed by atoms with Gasteiger partial charge in [-0.1, -0.05) is 38.1 Å². The molecule has 2 unspecified atom stereocenters. The Balaban J connectivity index is 1.82. The lowest BCUT2D eigenvalue weighted by Gasteiger charge is -2.29. The van der Waals surface area contributed by atoms with Gasteiger partial charge in [0, 0.05) is 6.26 Å². The van der Waals surface area contributed by atoms with Crippen LogP contribution in [0.25, 0.3) is 0 Å². The molecule has 2 aromatic rings. The molecule has 2 atom stereocenters. The van der Waals surface area contributed by atoms with E-state index in [0.29, 0.717) is 16.7 Å². The van der Waals surface area contributed by atoms with Gasteiger partial charge >= 0.3 is 0 Å². The summed E-state index contributed by atoms with van der Waals surface area (Å²) in [5.41, 5.74) is 1.30. The number of rotatable bonds is 6. The minimum absolute atomic E-state index is 0.191. The average Bonchev–Trinajstić information content (AvgIpc) is 2.93. The second kappa shape index (κ2) is 8.02. The van der Waals surface area contributed by atoms with E-state index in [1.54, 1.807) is 57.2 Å². The zero-order chi connectivity index (χ0) is 22.2. The number of carbonyl (C=O) groups excluding carboxylic acids is 3. The molecule has 0 bridgehead atoms. The number of carbonyl (C=O) groups is 3. The standard InChI is InChI=1S/C22H24N2O5S/c1-13(2)19(24-21(26)17-7-5-6-8-18(17)22(24)27)20(25)23-14(3)15-9-11-16(12-10-15)30(4,28)29/h5-14,19H,1-4H3,(H,23,25). The van der Waals surface area contributed by atoms with E-state index in [2.05, 4.69) is 5.32 Å². The monoisotopic (exact) mass is 428 g/mol. The van der Waals surface area contributed by atoms with Crippen molar-refractivity contribution in [2.24, 2.45) is 5.92 Å². The quantitative estimate of drug-likeness (QED) is 0.713. The van der Waals surface area contributed by atoms with Gasteiger partial charge in [-0.25, -0.2) is 8.42 Å². The van der Waals surface area contributed by atoms with E-state index in [-0.39, 0.29) is 10.8 Å². The maximum atomic E-state index is 13.1. The zero-order valence-electron chi connectivity index (χ0n) is 17.2. The highest BCUT2D eigenvalue weighted by Gasteiger charge is 2.44. The van der Waals surface area contributed by atoms with Crippen molar-refractivity contribution in [1.82, 2.24) is 10.2 Å². The molecule has 0 saturated carbocycles. The molecule has 158 valence electrons. The summed E-state index contributed by atoms with van der Waals surface area (Å²) in [5, 5.41) is 2.85. The van der Waals surface area contributed by atoms with Crippen molar-refractivity contribution in [2.75, 3.05) is 6.26 Å².